The van der Waals surface area contributed by atoms with Crippen molar-refractivity contribution in [1.82, 2.24) is 0 Å². The van der Waals surface area contributed by atoms with Crippen LogP contribution in [0.25, 0.3) is 0 Å². The van der Waals surface area contributed by atoms with Crippen LogP contribution in [-0.4, -0.2) is 131 Å². The van der Waals surface area contributed by atoms with Crippen molar-refractivity contribution in [2.75, 3.05) is 113 Å². The third kappa shape index (κ3) is 380000. The summed E-state index contributed by atoms with van der Waals surface area (Å²) < 4.78 is 4.00. The first-order chi connectivity index (χ1) is 9.00. The van der Waals surface area contributed by atoms with E-state index in [1.54, 1.807) is 0 Å². The zero-order valence-corrected chi connectivity index (χ0v) is 20.2. The number of hydrogen-bond donors (Lipinski definition) is 0. The van der Waals surface area contributed by atoms with E-state index in [0.717, 1.165) is 17.9 Å². The molecule has 0 amide bonds. The fourth-order valence-corrected chi connectivity index (χ4v) is 0. The number of hydrogen-bond acceptors (Lipinski definition) is 1. The SMILES string of the molecule is C[N+](C)(C)C.C[N+](C)(C)C.C[N+](C)(C)C.C[N+](C)(C)C.[C-]#N.[Fe]. The van der Waals surface area contributed by atoms with Crippen molar-refractivity contribution in [3.05, 3.63) is 6.57 Å². The maximum atomic E-state index is 6.25. The molecule has 0 spiro atoms. The van der Waals surface area contributed by atoms with E-state index in [1.165, 1.54) is 0 Å². The minimum absolute atomic E-state index is 0. The van der Waals surface area contributed by atoms with Crippen LogP contribution in [0.1, 0.15) is 0 Å². The fraction of sp³-hybridized carbons (Fsp3) is 0.941. The van der Waals surface area contributed by atoms with E-state index in [2.05, 4.69) is 113 Å². The van der Waals surface area contributed by atoms with Crippen molar-refractivity contribution < 1.29 is 35.0 Å². The standard InChI is InChI=1S/4C4H12N.CN.Fe/c4*1-5(2,3)4;1-2;/h4*1-4H3;;/q4*+1;-1;. The van der Waals surface area contributed by atoms with E-state index in [0.29, 0.717) is 0 Å². The van der Waals surface area contributed by atoms with Crippen molar-refractivity contribution in [2.45, 2.75) is 0 Å². The van der Waals surface area contributed by atoms with Crippen molar-refractivity contribution in [3.8, 4) is 0 Å². The van der Waals surface area contributed by atoms with Crippen LogP contribution in [0, 0.1) is 11.8 Å². The average Bonchev–Trinajstić information content (AvgIpc) is 1.92. The summed E-state index contributed by atoms with van der Waals surface area (Å²) in [6, 6.07) is 0. The number of nitrogens with zero attached hydrogens (tertiary/aromatic N) is 5. The largest absolute Gasteiger partial charge is 0.512 e. The van der Waals surface area contributed by atoms with Gasteiger partial charge in [-0.1, -0.05) is 0 Å². The summed E-state index contributed by atoms with van der Waals surface area (Å²) >= 11 is 0. The van der Waals surface area contributed by atoms with Crippen molar-refractivity contribution in [1.29, 1.82) is 5.26 Å². The zero-order valence-electron chi connectivity index (χ0n) is 19.1. The van der Waals surface area contributed by atoms with Gasteiger partial charge in [0, 0.05) is 17.1 Å². The summed E-state index contributed by atoms with van der Waals surface area (Å²) in [6.45, 7) is 4.75. The molecule has 0 aromatic heterocycles. The van der Waals surface area contributed by atoms with E-state index in [9.17, 15) is 0 Å². The molecule has 0 aliphatic carbocycles. The predicted molar refractivity (Wildman–Crippen MR) is 101 cm³/mol. The van der Waals surface area contributed by atoms with Crippen LogP contribution in [0.2, 0.25) is 0 Å². The van der Waals surface area contributed by atoms with Crippen LogP contribution in [0.5, 0.6) is 0 Å². The van der Waals surface area contributed by atoms with Crippen LogP contribution in [0.4, 0.5) is 0 Å². The molecule has 0 N–H and O–H groups in total. The summed E-state index contributed by atoms with van der Waals surface area (Å²) in [5.74, 6) is 0. The van der Waals surface area contributed by atoms with Gasteiger partial charge in [-0.2, -0.15) is 0 Å². The Hall–Kier alpha value is -0.151. The van der Waals surface area contributed by atoms with Gasteiger partial charge in [0.1, 0.15) is 0 Å². The minimum Gasteiger partial charge on any atom is -0.512 e. The van der Waals surface area contributed by atoms with Gasteiger partial charge in [0.15, 0.2) is 0 Å². The van der Waals surface area contributed by atoms with Gasteiger partial charge in [-0.25, -0.2) is 0 Å². The van der Waals surface area contributed by atoms with Crippen LogP contribution in [-0.2, 0) is 17.1 Å². The Bertz CT molecular complexity index is 165. The summed E-state index contributed by atoms with van der Waals surface area (Å²) in [6.07, 6.45) is 0. The third-order valence-corrected chi connectivity index (χ3v) is 0. The maximum absolute atomic E-state index is 6.25. The van der Waals surface area contributed by atoms with Crippen LogP contribution >= 0.6 is 0 Å². The van der Waals surface area contributed by atoms with E-state index < -0.39 is 0 Å². The number of quaternary nitrogens is 4. The second kappa shape index (κ2) is 16.7. The summed E-state index contributed by atoms with van der Waals surface area (Å²) in [4.78, 5) is 0. The van der Waals surface area contributed by atoms with Gasteiger partial charge in [-0.05, 0) is 0 Å². The van der Waals surface area contributed by atoms with Gasteiger partial charge in [0.2, 0.25) is 0 Å². The fourth-order valence-electron chi connectivity index (χ4n) is 0. The van der Waals surface area contributed by atoms with Crippen LogP contribution in [0.15, 0.2) is 0 Å². The van der Waals surface area contributed by atoms with Crippen molar-refractivity contribution in [2.24, 2.45) is 0 Å². The second-order valence-electron chi connectivity index (χ2n) is 10.7. The first kappa shape index (κ1) is 38.4. The average molecular weight is 378 g/mol. The molecule has 0 aliphatic heterocycles. The summed E-state index contributed by atoms with van der Waals surface area (Å²) in [7, 11) is 34.0. The Balaban J connectivity index is -0.0000000398. The molecule has 6 heteroatoms. The first-order valence-corrected chi connectivity index (χ1v) is 7.38. The molecule has 0 unspecified atom stereocenters. The van der Waals surface area contributed by atoms with E-state index >= 15 is 0 Å². The van der Waals surface area contributed by atoms with Gasteiger partial charge in [0.25, 0.3) is 0 Å². The molecule has 0 saturated heterocycles. The smallest absolute Gasteiger partial charge is 0.0675 e. The molecule has 0 aromatic rings. The minimum atomic E-state index is 0. The molecule has 23 heavy (non-hydrogen) atoms. The van der Waals surface area contributed by atoms with E-state index in [1.807, 2.05) is 0 Å². The Morgan fingerprint density at radius 2 is 0.348 bits per heavy atom. The van der Waals surface area contributed by atoms with Gasteiger partial charge >= 0.3 is 0 Å². The van der Waals surface area contributed by atoms with Crippen molar-refractivity contribution >= 4 is 0 Å². The molecule has 146 valence electrons. The first-order valence-electron chi connectivity index (χ1n) is 7.38. The Morgan fingerprint density at radius 3 is 0.348 bits per heavy atom. The molecule has 0 radical (unpaired) electrons. The molecule has 0 aliphatic rings. The van der Waals surface area contributed by atoms with Gasteiger partial charge in [-0.3, -0.25) is 0 Å². The molecule has 0 aromatic carbocycles. The van der Waals surface area contributed by atoms with Gasteiger partial charge in [0.05, 0.1) is 113 Å². The molecule has 5 nitrogen and oxygen atoms in total. The monoisotopic (exact) mass is 378 g/mol. The Kier molecular flexibility index (Phi) is 27.9. The molecule has 0 rings (SSSR count). The molecule has 0 heterocycles. The summed E-state index contributed by atoms with van der Waals surface area (Å²) in [5, 5.41) is 6.25. The van der Waals surface area contributed by atoms with Gasteiger partial charge in [-0.15, -0.1) is 0 Å². The normalized spacial score (nSPS) is 10.5. The summed E-state index contributed by atoms with van der Waals surface area (Å²) in [5.41, 5.74) is 0. The third-order valence-electron chi connectivity index (χ3n) is 0. The van der Waals surface area contributed by atoms with Crippen LogP contribution in [0.3, 0.4) is 0 Å². The molecule has 0 saturated carbocycles. The van der Waals surface area contributed by atoms with Crippen molar-refractivity contribution in [3.63, 3.8) is 0 Å². The molecule has 0 atom stereocenters. The van der Waals surface area contributed by atoms with E-state index in [4.69, 9.17) is 11.8 Å². The van der Waals surface area contributed by atoms with Crippen LogP contribution < -0.4 is 0 Å². The molecular weight excluding hydrogens is 330 g/mol. The Morgan fingerprint density at radius 1 is 0.348 bits per heavy atom. The topological polar surface area (TPSA) is 23.8 Å². The molecule has 0 fully saturated rings. The molecular formula is C17H48FeN5+3. The molecule has 0 bridgehead atoms. The zero-order chi connectivity index (χ0) is 20.0. The van der Waals surface area contributed by atoms with Gasteiger partial charge < -0.3 is 29.8 Å². The Labute approximate surface area is 159 Å². The second-order valence-corrected chi connectivity index (χ2v) is 10.7. The maximum Gasteiger partial charge on any atom is 0.0675 e. The predicted octanol–water partition coefficient (Wildman–Crippen LogP) is 1.38. The van der Waals surface area contributed by atoms with E-state index in [-0.39, 0.29) is 17.1 Å². The number of rotatable bonds is 0. The quantitative estimate of drug-likeness (QED) is 0.355.